The normalized spacial score (nSPS) is 17.4. The van der Waals surface area contributed by atoms with Gasteiger partial charge in [0.1, 0.15) is 0 Å². The van der Waals surface area contributed by atoms with Crippen molar-refractivity contribution in [3.05, 3.63) is 32.7 Å². The van der Waals surface area contributed by atoms with E-state index in [9.17, 15) is 0 Å². The topological polar surface area (TPSA) is 26.0 Å². The Morgan fingerprint density at radius 2 is 1.93 bits per heavy atom. The van der Waals surface area contributed by atoms with Gasteiger partial charge in [0.25, 0.3) is 0 Å². The highest BCUT2D eigenvalue weighted by molar-refractivity contribution is 9.11. The Morgan fingerprint density at radius 1 is 1.29 bits per heavy atom. The van der Waals surface area contributed by atoms with Crippen molar-refractivity contribution in [3.63, 3.8) is 0 Å². The van der Waals surface area contributed by atoms with E-state index >= 15 is 0 Å². The number of nitrogens with two attached hydrogens (primary N) is 1. The van der Waals surface area contributed by atoms with Crippen LogP contribution >= 0.6 is 44.3 Å². The van der Waals surface area contributed by atoms with Crippen LogP contribution in [0.25, 0.3) is 0 Å². The molecule has 0 heterocycles. The highest BCUT2D eigenvalue weighted by Crippen LogP contribution is 2.41. The zero-order valence-electron chi connectivity index (χ0n) is 7.54. The third-order valence-electron chi connectivity index (χ3n) is 2.45. The van der Waals surface area contributed by atoms with Crippen LogP contribution in [0.3, 0.4) is 0 Å². The molecule has 1 aromatic rings. The smallest absolute Gasteiger partial charge is 0.0335 e. The molecule has 1 aliphatic carbocycles. The van der Waals surface area contributed by atoms with Gasteiger partial charge >= 0.3 is 0 Å². The number of hydrogen-bond acceptors (Lipinski definition) is 1. The summed E-state index contributed by atoms with van der Waals surface area (Å²) in [6.45, 7) is 0. The van der Waals surface area contributed by atoms with Crippen LogP contribution in [-0.2, 0) is 0 Å². The average Bonchev–Trinajstić information content (AvgIpc) is 2.91. The molecule has 1 fully saturated rings. The summed E-state index contributed by atoms with van der Waals surface area (Å²) in [6, 6.07) is 6.37. The van der Waals surface area contributed by atoms with Gasteiger partial charge in [0.2, 0.25) is 0 Å². The minimum atomic E-state index is 0. The predicted molar refractivity (Wildman–Crippen MR) is 68.7 cm³/mol. The molecule has 14 heavy (non-hydrogen) atoms. The molecular formula is C10H12Br2ClN. The lowest BCUT2D eigenvalue weighted by atomic mass is 10.0. The van der Waals surface area contributed by atoms with Gasteiger partial charge in [-0.15, -0.1) is 12.4 Å². The standard InChI is InChI=1S/C10H11Br2N.ClH/c11-7-3-4-9(12)8(5-7)10(13)6-1-2-6;/h3-6,10H,1-2,13H2;1H/t10-;/m0./s1. The minimum Gasteiger partial charge on any atom is -0.324 e. The summed E-state index contributed by atoms with van der Waals surface area (Å²) in [7, 11) is 0. The Hall–Kier alpha value is 0.430. The molecule has 0 unspecified atom stereocenters. The van der Waals surface area contributed by atoms with Gasteiger partial charge in [-0.3, -0.25) is 0 Å². The van der Waals surface area contributed by atoms with E-state index in [2.05, 4.69) is 37.9 Å². The third kappa shape index (κ3) is 2.72. The molecule has 78 valence electrons. The molecule has 1 saturated carbocycles. The molecule has 1 atom stereocenters. The lowest BCUT2D eigenvalue weighted by Crippen LogP contribution is -2.12. The highest BCUT2D eigenvalue weighted by Gasteiger charge is 2.30. The second kappa shape index (κ2) is 4.97. The molecule has 0 aromatic heterocycles. The third-order valence-corrected chi connectivity index (χ3v) is 3.66. The summed E-state index contributed by atoms with van der Waals surface area (Å²) in [6.07, 6.45) is 2.56. The van der Waals surface area contributed by atoms with E-state index in [1.807, 2.05) is 12.1 Å². The van der Waals surface area contributed by atoms with E-state index in [1.165, 1.54) is 18.4 Å². The highest BCUT2D eigenvalue weighted by atomic mass is 79.9. The summed E-state index contributed by atoms with van der Waals surface area (Å²) in [5.41, 5.74) is 7.34. The lowest BCUT2D eigenvalue weighted by Gasteiger charge is -2.12. The van der Waals surface area contributed by atoms with Crippen molar-refractivity contribution in [1.29, 1.82) is 0 Å². The largest absolute Gasteiger partial charge is 0.324 e. The maximum absolute atomic E-state index is 6.12. The summed E-state index contributed by atoms with van der Waals surface area (Å²) in [4.78, 5) is 0. The summed E-state index contributed by atoms with van der Waals surface area (Å²) >= 11 is 6.98. The van der Waals surface area contributed by atoms with Crippen LogP contribution in [0, 0.1) is 5.92 Å². The number of benzene rings is 1. The van der Waals surface area contributed by atoms with Crippen LogP contribution in [0.1, 0.15) is 24.4 Å². The van der Waals surface area contributed by atoms with E-state index in [0.717, 1.165) is 8.95 Å². The van der Waals surface area contributed by atoms with Crippen LogP contribution in [0.4, 0.5) is 0 Å². The van der Waals surface area contributed by atoms with E-state index in [0.29, 0.717) is 5.92 Å². The second-order valence-corrected chi connectivity index (χ2v) is 5.30. The van der Waals surface area contributed by atoms with Crippen molar-refractivity contribution >= 4 is 44.3 Å². The number of rotatable bonds is 2. The molecule has 2 N–H and O–H groups in total. The fourth-order valence-electron chi connectivity index (χ4n) is 1.48. The Morgan fingerprint density at radius 3 is 2.50 bits per heavy atom. The predicted octanol–water partition coefficient (Wildman–Crippen LogP) is 4.04. The molecule has 0 saturated heterocycles. The molecule has 1 nitrogen and oxygen atoms in total. The molecule has 2 rings (SSSR count). The fraction of sp³-hybridized carbons (Fsp3) is 0.400. The summed E-state index contributed by atoms with van der Waals surface area (Å²) in [5, 5.41) is 0. The zero-order valence-corrected chi connectivity index (χ0v) is 11.5. The monoisotopic (exact) mass is 339 g/mol. The SMILES string of the molecule is Cl.N[C@H](c1cc(Br)ccc1Br)C1CC1. The van der Waals surface area contributed by atoms with Gasteiger partial charge in [-0.1, -0.05) is 31.9 Å². The maximum Gasteiger partial charge on any atom is 0.0335 e. The van der Waals surface area contributed by atoms with Crippen molar-refractivity contribution in [2.45, 2.75) is 18.9 Å². The van der Waals surface area contributed by atoms with Gasteiger partial charge in [0.05, 0.1) is 0 Å². The molecule has 0 radical (unpaired) electrons. The van der Waals surface area contributed by atoms with Crippen LogP contribution < -0.4 is 5.73 Å². The van der Waals surface area contributed by atoms with Crippen LogP contribution in [-0.4, -0.2) is 0 Å². The van der Waals surface area contributed by atoms with Gasteiger partial charge in [-0.25, -0.2) is 0 Å². The van der Waals surface area contributed by atoms with E-state index in [1.54, 1.807) is 0 Å². The van der Waals surface area contributed by atoms with E-state index in [-0.39, 0.29) is 18.4 Å². The van der Waals surface area contributed by atoms with Gasteiger partial charge in [0.15, 0.2) is 0 Å². The van der Waals surface area contributed by atoms with Crippen LogP contribution in [0.5, 0.6) is 0 Å². The number of hydrogen-bond donors (Lipinski definition) is 1. The quantitative estimate of drug-likeness (QED) is 0.863. The van der Waals surface area contributed by atoms with Gasteiger partial charge < -0.3 is 5.73 Å². The molecule has 1 aliphatic rings. The summed E-state index contributed by atoms with van der Waals surface area (Å²) < 4.78 is 2.22. The molecule has 4 heteroatoms. The van der Waals surface area contributed by atoms with Crippen molar-refractivity contribution in [2.24, 2.45) is 11.7 Å². The van der Waals surface area contributed by atoms with Crippen molar-refractivity contribution in [2.75, 3.05) is 0 Å². The molecular weight excluding hydrogens is 329 g/mol. The van der Waals surface area contributed by atoms with Gasteiger partial charge in [-0.05, 0) is 42.5 Å². The first-order valence-electron chi connectivity index (χ1n) is 4.39. The minimum absolute atomic E-state index is 0. The first-order chi connectivity index (χ1) is 6.18. The van der Waals surface area contributed by atoms with Crippen molar-refractivity contribution in [1.82, 2.24) is 0 Å². The maximum atomic E-state index is 6.12. The molecule has 0 bridgehead atoms. The first kappa shape index (κ1) is 12.5. The Bertz CT molecular complexity index is 326. The fourth-order valence-corrected chi connectivity index (χ4v) is 2.37. The van der Waals surface area contributed by atoms with Crippen LogP contribution in [0.15, 0.2) is 27.1 Å². The summed E-state index contributed by atoms with van der Waals surface area (Å²) in [5.74, 6) is 0.700. The molecule has 0 amide bonds. The molecule has 1 aromatic carbocycles. The molecule has 0 aliphatic heterocycles. The average molecular weight is 341 g/mol. The Balaban J connectivity index is 0.000000980. The lowest BCUT2D eigenvalue weighted by molar-refractivity contribution is 0.630. The zero-order chi connectivity index (χ0) is 9.42. The molecule has 0 spiro atoms. The van der Waals surface area contributed by atoms with E-state index < -0.39 is 0 Å². The van der Waals surface area contributed by atoms with Crippen molar-refractivity contribution < 1.29 is 0 Å². The van der Waals surface area contributed by atoms with Crippen LogP contribution in [0.2, 0.25) is 0 Å². The number of halogens is 3. The van der Waals surface area contributed by atoms with Gasteiger partial charge in [-0.2, -0.15) is 0 Å². The Labute approximate surface area is 107 Å². The first-order valence-corrected chi connectivity index (χ1v) is 5.97. The van der Waals surface area contributed by atoms with E-state index in [4.69, 9.17) is 5.73 Å². The van der Waals surface area contributed by atoms with Gasteiger partial charge in [0, 0.05) is 15.0 Å². The Kier molecular flexibility index (Phi) is 4.44. The van der Waals surface area contributed by atoms with Crippen molar-refractivity contribution in [3.8, 4) is 0 Å². The second-order valence-electron chi connectivity index (χ2n) is 3.53.